The van der Waals surface area contributed by atoms with Crippen LogP contribution in [0, 0.1) is 0 Å². The van der Waals surface area contributed by atoms with Crippen molar-refractivity contribution in [3.8, 4) is 17.2 Å². The van der Waals surface area contributed by atoms with Gasteiger partial charge in [-0.05, 0) is 36.8 Å². The normalized spacial score (nSPS) is 12.5. The number of carbonyl (C=O) groups is 1. The Bertz CT molecular complexity index is 904. The molecule has 1 aliphatic rings. The average molecular weight is 359 g/mol. The van der Waals surface area contributed by atoms with Crippen molar-refractivity contribution in [2.24, 2.45) is 0 Å². The second-order valence-electron chi connectivity index (χ2n) is 6.43. The molecule has 136 valence electrons. The largest absolute Gasteiger partial charge is 0.494 e. The molecule has 1 N–H and O–H groups in total. The van der Waals surface area contributed by atoms with Crippen molar-refractivity contribution in [1.29, 1.82) is 0 Å². The first-order valence-electron chi connectivity index (χ1n) is 9.11. The molecule has 1 aliphatic heterocycles. The monoisotopic (exact) mass is 359 g/mol. The van der Waals surface area contributed by atoms with Crippen molar-refractivity contribution < 1.29 is 14.3 Å². The summed E-state index contributed by atoms with van der Waals surface area (Å²) >= 11 is 0. The lowest BCUT2D eigenvalue weighted by Gasteiger charge is -2.28. The summed E-state index contributed by atoms with van der Waals surface area (Å²) in [5.74, 6) is 2.34. The summed E-state index contributed by atoms with van der Waals surface area (Å²) < 4.78 is 11.4. The maximum Gasteiger partial charge on any atom is 0.225 e. The molecule has 0 unspecified atom stereocenters. The number of carbonyl (C=O) groups excluding carboxylic acids is 1. The third-order valence-corrected chi connectivity index (χ3v) is 4.58. The van der Waals surface area contributed by atoms with Crippen LogP contribution in [-0.2, 0) is 11.2 Å². The third kappa shape index (κ3) is 3.65. The van der Waals surface area contributed by atoms with E-state index in [1.807, 2.05) is 79.7 Å². The van der Waals surface area contributed by atoms with E-state index < -0.39 is 0 Å². The molecule has 4 rings (SSSR count). The summed E-state index contributed by atoms with van der Waals surface area (Å²) in [5.41, 5.74) is 2.89. The number of fused-ring (bicyclic) bond motifs is 2. The zero-order valence-corrected chi connectivity index (χ0v) is 15.1. The Kier molecular flexibility index (Phi) is 4.79. The topological polar surface area (TPSA) is 47.6 Å². The number of para-hydroxylation sites is 2. The van der Waals surface area contributed by atoms with Gasteiger partial charge in [-0.2, -0.15) is 0 Å². The molecule has 0 saturated carbocycles. The Morgan fingerprint density at radius 2 is 1.52 bits per heavy atom. The highest BCUT2D eigenvalue weighted by molar-refractivity contribution is 5.80. The minimum Gasteiger partial charge on any atom is -0.494 e. The minimum atomic E-state index is -0.221. The molecule has 1 amide bonds. The zero-order valence-electron chi connectivity index (χ0n) is 15.1. The van der Waals surface area contributed by atoms with Gasteiger partial charge in [0.2, 0.25) is 5.91 Å². The summed E-state index contributed by atoms with van der Waals surface area (Å²) in [6, 6.07) is 23.1. The van der Waals surface area contributed by atoms with Gasteiger partial charge in [0.25, 0.3) is 0 Å². The second-order valence-corrected chi connectivity index (χ2v) is 6.43. The van der Waals surface area contributed by atoms with Gasteiger partial charge in [0.1, 0.15) is 17.2 Å². The summed E-state index contributed by atoms with van der Waals surface area (Å²) in [4.78, 5) is 12.7. The van der Waals surface area contributed by atoms with Gasteiger partial charge in [-0.1, -0.05) is 48.5 Å². The quantitative estimate of drug-likeness (QED) is 0.722. The molecule has 4 heteroatoms. The highest BCUT2D eigenvalue weighted by atomic mass is 16.5. The maximum absolute atomic E-state index is 12.7. The van der Waals surface area contributed by atoms with E-state index in [2.05, 4.69) is 5.32 Å². The van der Waals surface area contributed by atoms with E-state index in [9.17, 15) is 4.79 Å². The summed E-state index contributed by atoms with van der Waals surface area (Å²) in [5, 5.41) is 3.17. The van der Waals surface area contributed by atoms with Gasteiger partial charge in [-0.25, -0.2) is 0 Å². The van der Waals surface area contributed by atoms with Gasteiger partial charge >= 0.3 is 0 Å². The van der Waals surface area contributed by atoms with E-state index in [-0.39, 0.29) is 11.9 Å². The molecular weight excluding hydrogens is 338 g/mol. The molecule has 0 spiro atoms. The molecule has 3 aromatic carbocycles. The Hall–Kier alpha value is -3.27. The van der Waals surface area contributed by atoms with E-state index in [4.69, 9.17) is 9.47 Å². The standard InChI is InChI=1S/C23H21NO3/c1-2-26-17-13-11-16(12-14-17)15-22(25)24-23-18-7-3-5-9-20(18)27-21-10-6-4-8-19(21)23/h3-14,23H,2,15H2,1H3,(H,24,25). The fourth-order valence-electron chi connectivity index (χ4n) is 3.33. The highest BCUT2D eigenvalue weighted by Gasteiger charge is 2.27. The van der Waals surface area contributed by atoms with Crippen molar-refractivity contribution in [3.05, 3.63) is 89.5 Å². The lowest BCUT2D eigenvalue weighted by Crippen LogP contribution is -2.32. The Labute approximate surface area is 158 Å². The van der Waals surface area contributed by atoms with Gasteiger partial charge in [0, 0.05) is 11.1 Å². The molecule has 0 saturated heterocycles. The molecule has 0 aromatic heterocycles. The van der Waals surface area contributed by atoms with Gasteiger partial charge < -0.3 is 14.8 Å². The first-order chi connectivity index (χ1) is 13.2. The second kappa shape index (κ2) is 7.54. The van der Waals surface area contributed by atoms with Crippen molar-refractivity contribution in [2.75, 3.05) is 6.61 Å². The summed E-state index contributed by atoms with van der Waals surface area (Å²) in [6.45, 7) is 2.58. The number of hydrogen-bond donors (Lipinski definition) is 1. The van der Waals surface area contributed by atoms with Crippen molar-refractivity contribution in [2.45, 2.75) is 19.4 Å². The Morgan fingerprint density at radius 1 is 0.926 bits per heavy atom. The fraction of sp³-hybridized carbons (Fsp3) is 0.174. The molecule has 0 atom stereocenters. The Balaban J connectivity index is 1.54. The number of rotatable bonds is 5. The van der Waals surface area contributed by atoms with E-state index in [0.29, 0.717) is 13.0 Å². The Morgan fingerprint density at radius 3 is 2.11 bits per heavy atom. The van der Waals surface area contributed by atoms with Crippen LogP contribution in [0.25, 0.3) is 0 Å². The van der Waals surface area contributed by atoms with Crippen molar-refractivity contribution in [1.82, 2.24) is 5.32 Å². The van der Waals surface area contributed by atoms with Crippen LogP contribution in [0.15, 0.2) is 72.8 Å². The van der Waals surface area contributed by atoms with Crippen LogP contribution < -0.4 is 14.8 Å². The molecule has 0 aliphatic carbocycles. The lowest BCUT2D eigenvalue weighted by atomic mass is 9.94. The number of ether oxygens (including phenoxy) is 2. The van der Waals surface area contributed by atoms with Crippen LogP contribution >= 0.6 is 0 Å². The van der Waals surface area contributed by atoms with Gasteiger partial charge in [-0.3, -0.25) is 4.79 Å². The van der Waals surface area contributed by atoms with E-state index in [1.54, 1.807) is 0 Å². The average Bonchev–Trinajstić information content (AvgIpc) is 2.69. The van der Waals surface area contributed by atoms with Crippen LogP contribution in [-0.4, -0.2) is 12.5 Å². The molecule has 0 bridgehead atoms. The van der Waals surface area contributed by atoms with Gasteiger partial charge in [0.05, 0.1) is 19.1 Å². The number of amides is 1. The van der Waals surface area contributed by atoms with Crippen LogP contribution in [0.5, 0.6) is 17.2 Å². The van der Waals surface area contributed by atoms with Gasteiger partial charge in [0.15, 0.2) is 0 Å². The van der Waals surface area contributed by atoms with Crippen LogP contribution in [0.1, 0.15) is 29.7 Å². The molecule has 0 fully saturated rings. The molecule has 4 nitrogen and oxygen atoms in total. The predicted octanol–water partition coefficient (Wildman–Crippen LogP) is 4.64. The number of nitrogens with one attached hydrogen (secondary N) is 1. The molecule has 0 radical (unpaired) electrons. The van der Waals surface area contributed by atoms with Crippen molar-refractivity contribution >= 4 is 5.91 Å². The van der Waals surface area contributed by atoms with Crippen LogP contribution in [0.4, 0.5) is 0 Å². The molecule has 3 aromatic rings. The smallest absolute Gasteiger partial charge is 0.225 e. The summed E-state index contributed by atoms with van der Waals surface area (Å²) in [7, 11) is 0. The van der Waals surface area contributed by atoms with Crippen molar-refractivity contribution in [3.63, 3.8) is 0 Å². The van der Waals surface area contributed by atoms with Gasteiger partial charge in [-0.15, -0.1) is 0 Å². The summed E-state index contributed by atoms with van der Waals surface area (Å²) in [6.07, 6.45) is 0.314. The van der Waals surface area contributed by atoms with Crippen LogP contribution in [0.2, 0.25) is 0 Å². The SMILES string of the molecule is CCOc1ccc(CC(=O)NC2c3ccccc3Oc3ccccc32)cc1. The lowest BCUT2D eigenvalue weighted by molar-refractivity contribution is -0.121. The molecule has 1 heterocycles. The molecular formula is C23H21NO3. The maximum atomic E-state index is 12.7. The van der Waals surface area contributed by atoms with E-state index >= 15 is 0 Å². The first kappa shape index (κ1) is 17.2. The fourth-order valence-corrected chi connectivity index (χ4v) is 3.33. The van der Waals surface area contributed by atoms with E-state index in [0.717, 1.165) is 33.9 Å². The number of benzene rings is 3. The third-order valence-electron chi connectivity index (χ3n) is 4.58. The van der Waals surface area contributed by atoms with E-state index in [1.165, 1.54) is 0 Å². The first-order valence-corrected chi connectivity index (χ1v) is 9.11. The number of hydrogen-bond acceptors (Lipinski definition) is 3. The van der Waals surface area contributed by atoms with Crippen LogP contribution in [0.3, 0.4) is 0 Å². The zero-order chi connectivity index (χ0) is 18.6. The highest BCUT2D eigenvalue weighted by Crippen LogP contribution is 2.42. The molecule has 27 heavy (non-hydrogen) atoms. The predicted molar refractivity (Wildman–Crippen MR) is 104 cm³/mol. The minimum absolute atomic E-state index is 0.0318.